The Morgan fingerprint density at radius 2 is 1.43 bits per heavy atom. The first kappa shape index (κ1) is 26.8. The van der Waals surface area contributed by atoms with Gasteiger partial charge in [0.15, 0.2) is 11.5 Å². The van der Waals surface area contributed by atoms with Crippen molar-refractivity contribution in [3.8, 4) is 11.5 Å². The van der Waals surface area contributed by atoms with Crippen LogP contribution in [0.5, 0.6) is 11.5 Å². The summed E-state index contributed by atoms with van der Waals surface area (Å²) in [5.41, 5.74) is 1.58. The van der Waals surface area contributed by atoms with Crippen LogP contribution in [0, 0.1) is 0 Å². The second-order valence-corrected chi connectivity index (χ2v) is 9.70. The maximum atomic E-state index is 13.1. The summed E-state index contributed by atoms with van der Waals surface area (Å²) in [6, 6.07) is 19.5. The topological polar surface area (TPSA) is 76.7 Å². The first-order valence-corrected chi connectivity index (χ1v) is 12.9. The van der Waals surface area contributed by atoms with Gasteiger partial charge in [-0.2, -0.15) is 0 Å². The third kappa shape index (κ3) is 7.83. The number of amides is 2. The van der Waals surface area contributed by atoms with E-state index in [-0.39, 0.29) is 11.8 Å². The molecule has 0 aliphatic heterocycles. The Morgan fingerprint density at radius 1 is 0.829 bits per heavy atom. The summed E-state index contributed by atoms with van der Waals surface area (Å²) in [5.74, 6) is 0.485. The lowest BCUT2D eigenvalue weighted by atomic mass is 10.1. The number of methoxy groups -OCH3 is 1. The van der Waals surface area contributed by atoms with E-state index in [2.05, 4.69) is 49.4 Å². The van der Waals surface area contributed by atoms with Gasteiger partial charge >= 0.3 is 0 Å². The van der Waals surface area contributed by atoms with Gasteiger partial charge in [0.05, 0.1) is 13.7 Å². The summed E-state index contributed by atoms with van der Waals surface area (Å²) in [6.07, 6.45) is 2.27. The molecule has 0 aromatic heterocycles. The van der Waals surface area contributed by atoms with Crippen molar-refractivity contribution < 1.29 is 19.1 Å². The van der Waals surface area contributed by atoms with Crippen molar-refractivity contribution in [2.45, 2.75) is 32.4 Å². The summed E-state index contributed by atoms with van der Waals surface area (Å²) in [5, 5.41) is 5.87. The molecule has 0 bridgehead atoms. The highest BCUT2D eigenvalue weighted by Crippen LogP contribution is 2.30. The highest BCUT2D eigenvalue weighted by Gasteiger charge is 2.21. The molecule has 3 aromatic rings. The van der Waals surface area contributed by atoms with Crippen LogP contribution in [-0.4, -0.2) is 25.5 Å². The molecule has 6 nitrogen and oxygen atoms in total. The Balaban J connectivity index is 1.90. The van der Waals surface area contributed by atoms with Gasteiger partial charge in [-0.3, -0.25) is 9.59 Å². The molecule has 8 heteroatoms. The monoisotopic (exact) mass is 602 g/mol. The molecular formula is C27H28Br2N2O4. The van der Waals surface area contributed by atoms with E-state index in [0.717, 1.165) is 28.2 Å². The smallest absolute Gasteiger partial charge is 0.253 e. The van der Waals surface area contributed by atoms with Crippen LogP contribution in [0.25, 0.3) is 0 Å². The van der Waals surface area contributed by atoms with Crippen molar-refractivity contribution in [3.63, 3.8) is 0 Å². The van der Waals surface area contributed by atoms with E-state index >= 15 is 0 Å². The molecule has 0 aliphatic rings. The lowest BCUT2D eigenvalue weighted by Gasteiger charge is -2.22. The molecule has 2 amide bonds. The van der Waals surface area contributed by atoms with Crippen LogP contribution in [-0.2, 0) is 0 Å². The minimum absolute atomic E-state index is 0.327. The molecule has 3 rings (SSSR count). The summed E-state index contributed by atoms with van der Waals surface area (Å²) in [4.78, 5) is 26.1. The van der Waals surface area contributed by atoms with Crippen molar-refractivity contribution >= 4 is 43.7 Å². The van der Waals surface area contributed by atoms with E-state index in [1.807, 2.05) is 12.1 Å². The van der Waals surface area contributed by atoms with Crippen molar-refractivity contribution in [1.29, 1.82) is 0 Å². The van der Waals surface area contributed by atoms with Gasteiger partial charge in [0.25, 0.3) is 11.8 Å². The average molecular weight is 604 g/mol. The molecule has 0 radical (unpaired) electrons. The number of hydrogen-bond donors (Lipinski definition) is 2. The average Bonchev–Trinajstić information content (AvgIpc) is 2.86. The van der Waals surface area contributed by atoms with Crippen LogP contribution >= 0.6 is 31.9 Å². The Morgan fingerprint density at radius 3 is 1.94 bits per heavy atom. The summed E-state index contributed by atoms with van der Waals surface area (Å²) < 4.78 is 13.0. The van der Waals surface area contributed by atoms with E-state index < -0.39 is 6.17 Å². The van der Waals surface area contributed by atoms with E-state index in [0.29, 0.717) is 34.8 Å². The molecule has 184 valence electrons. The third-order valence-corrected chi connectivity index (χ3v) is 6.24. The predicted octanol–water partition coefficient (Wildman–Crippen LogP) is 6.65. The maximum absolute atomic E-state index is 13.1. The Labute approximate surface area is 222 Å². The highest BCUT2D eigenvalue weighted by atomic mass is 79.9. The van der Waals surface area contributed by atoms with Crippen LogP contribution in [0.1, 0.15) is 58.6 Å². The first-order valence-electron chi connectivity index (χ1n) is 11.3. The van der Waals surface area contributed by atoms with Crippen molar-refractivity contribution in [2.75, 3.05) is 13.7 Å². The van der Waals surface area contributed by atoms with Gasteiger partial charge < -0.3 is 20.1 Å². The molecule has 0 heterocycles. The van der Waals surface area contributed by atoms with E-state index in [4.69, 9.17) is 9.47 Å². The van der Waals surface area contributed by atoms with Gasteiger partial charge in [0, 0.05) is 20.1 Å². The molecule has 0 unspecified atom stereocenters. The second-order valence-electron chi connectivity index (χ2n) is 7.87. The predicted molar refractivity (Wildman–Crippen MR) is 144 cm³/mol. The number of unbranched alkanes of at least 4 members (excludes halogenated alkanes) is 2. The van der Waals surface area contributed by atoms with Crippen molar-refractivity contribution in [1.82, 2.24) is 10.6 Å². The molecular weight excluding hydrogens is 576 g/mol. The van der Waals surface area contributed by atoms with E-state index in [1.54, 1.807) is 61.7 Å². The molecule has 0 saturated carbocycles. The fourth-order valence-corrected chi connectivity index (χ4v) is 4.21. The first-order chi connectivity index (χ1) is 16.9. The van der Waals surface area contributed by atoms with Gasteiger partial charge in [-0.15, -0.1) is 0 Å². The van der Waals surface area contributed by atoms with Crippen LogP contribution in [0.3, 0.4) is 0 Å². The van der Waals surface area contributed by atoms with E-state index in [1.165, 1.54) is 0 Å². The summed E-state index contributed by atoms with van der Waals surface area (Å²) >= 11 is 6.79. The number of nitrogens with one attached hydrogen (secondary N) is 2. The standard InChI is InChI=1S/C27H28Br2N2O4/c1-3-4-5-14-35-24-17-18(12-13-23(24)34-2)25(30-26(32)19-8-6-10-21(28)15-19)31-27(33)20-9-7-11-22(29)16-20/h6-13,15-17,25H,3-5,14H2,1-2H3,(H,30,32)(H,31,33). The van der Waals surface area contributed by atoms with Crippen LogP contribution in [0.2, 0.25) is 0 Å². The Kier molecular flexibility index (Phi) is 10.2. The number of ether oxygens (including phenoxy) is 2. The van der Waals surface area contributed by atoms with Crippen LogP contribution in [0.4, 0.5) is 0 Å². The molecule has 0 atom stereocenters. The van der Waals surface area contributed by atoms with E-state index in [9.17, 15) is 9.59 Å². The molecule has 35 heavy (non-hydrogen) atoms. The number of carbonyl (C=O) groups is 2. The quantitative estimate of drug-likeness (QED) is 0.190. The zero-order valence-electron chi connectivity index (χ0n) is 19.6. The second kappa shape index (κ2) is 13.3. The van der Waals surface area contributed by atoms with Gasteiger partial charge in [-0.1, -0.05) is 69.8 Å². The SMILES string of the molecule is CCCCCOc1cc(C(NC(=O)c2cccc(Br)c2)NC(=O)c2cccc(Br)c2)ccc1OC. The zero-order valence-corrected chi connectivity index (χ0v) is 22.8. The largest absolute Gasteiger partial charge is 0.493 e. The molecule has 0 saturated heterocycles. The highest BCUT2D eigenvalue weighted by molar-refractivity contribution is 9.10. The minimum Gasteiger partial charge on any atom is -0.493 e. The normalized spacial score (nSPS) is 10.7. The van der Waals surface area contributed by atoms with Crippen molar-refractivity contribution in [3.05, 3.63) is 92.4 Å². The third-order valence-electron chi connectivity index (χ3n) is 5.25. The Hall–Kier alpha value is -2.84. The Bertz CT molecular complexity index is 1110. The lowest BCUT2D eigenvalue weighted by Crippen LogP contribution is -2.41. The molecule has 2 N–H and O–H groups in total. The summed E-state index contributed by atoms with van der Waals surface area (Å²) in [7, 11) is 1.58. The fraction of sp³-hybridized carbons (Fsp3) is 0.259. The molecule has 3 aromatic carbocycles. The molecule has 0 spiro atoms. The number of rotatable bonds is 11. The van der Waals surface area contributed by atoms with Crippen molar-refractivity contribution in [2.24, 2.45) is 0 Å². The van der Waals surface area contributed by atoms with Gasteiger partial charge in [-0.05, 0) is 60.5 Å². The van der Waals surface area contributed by atoms with Crippen LogP contribution < -0.4 is 20.1 Å². The van der Waals surface area contributed by atoms with Gasteiger partial charge in [-0.25, -0.2) is 0 Å². The molecule has 0 fully saturated rings. The maximum Gasteiger partial charge on any atom is 0.253 e. The number of carbonyl (C=O) groups excluding carboxylic acids is 2. The number of hydrogen-bond acceptors (Lipinski definition) is 4. The molecule has 0 aliphatic carbocycles. The minimum atomic E-state index is -0.808. The zero-order chi connectivity index (χ0) is 25.2. The lowest BCUT2D eigenvalue weighted by molar-refractivity contribution is 0.0883. The van der Waals surface area contributed by atoms with Gasteiger partial charge in [0.2, 0.25) is 0 Å². The summed E-state index contributed by atoms with van der Waals surface area (Å²) in [6.45, 7) is 2.68. The fourth-order valence-electron chi connectivity index (χ4n) is 3.41. The van der Waals surface area contributed by atoms with Gasteiger partial charge in [0.1, 0.15) is 6.17 Å². The van der Waals surface area contributed by atoms with Crippen LogP contribution in [0.15, 0.2) is 75.7 Å². The number of benzene rings is 3. The number of halogens is 2.